The third kappa shape index (κ3) is 2.76. The van der Waals surface area contributed by atoms with Crippen molar-refractivity contribution in [2.75, 3.05) is 5.32 Å². The summed E-state index contributed by atoms with van der Waals surface area (Å²) in [5.41, 5.74) is 1.73. The monoisotopic (exact) mass is 308 g/mol. The first-order valence-electron chi connectivity index (χ1n) is 5.59. The van der Waals surface area contributed by atoms with Gasteiger partial charge in [-0.15, -0.1) is 5.10 Å². The fourth-order valence-corrected chi connectivity index (χ4v) is 1.82. The van der Waals surface area contributed by atoms with Crippen LogP contribution in [0.4, 0.5) is 5.69 Å². The third-order valence-electron chi connectivity index (χ3n) is 2.52. The summed E-state index contributed by atoms with van der Waals surface area (Å²) in [5, 5.41) is 9.38. The maximum absolute atomic E-state index is 11.9. The van der Waals surface area contributed by atoms with Crippen LogP contribution in [0, 0.1) is 6.92 Å². The molecule has 0 saturated carbocycles. The van der Waals surface area contributed by atoms with E-state index >= 15 is 0 Å². The Morgan fingerprint density at radius 2 is 2.28 bits per heavy atom. The Labute approximate surface area is 113 Å². The summed E-state index contributed by atoms with van der Waals surface area (Å²) in [6.45, 7) is 3.87. The standard InChI is InChI=1S/C12H13BrN4O/c1-3-10-15-11(17-16-10)12(18)14-9-6-8(13)5-4-7(9)2/h4-6H,3H2,1-2H3,(H,14,18)(H,15,16,17). The minimum atomic E-state index is -0.313. The number of rotatable bonds is 3. The second-order valence-corrected chi connectivity index (χ2v) is 4.79. The summed E-state index contributed by atoms with van der Waals surface area (Å²) >= 11 is 3.37. The normalized spacial score (nSPS) is 10.4. The quantitative estimate of drug-likeness (QED) is 0.916. The summed E-state index contributed by atoms with van der Waals surface area (Å²) < 4.78 is 0.910. The SMILES string of the molecule is CCc1nc(C(=O)Nc2cc(Br)ccc2C)n[nH]1. The lowest BCUT2D eigenvalue weighted by Gasteiger charge is -2.06. The number of nitrogens with zero attached hydrogens (tertiary/aromatic N) is 2. The van der Waals surface area contributed by atoms with E-state index in [1.54, 1.807) is 0 Å². The zero-order valence-corrected chi connectivity index (χ0v) is 11.7. The number of amides is 1. The molecule has 0 unspecified atom stereocenters. The zero-order valence-electron chi connectivity index (χ0n) is 10.1. The van der Waals surface area contributed by atoms with Crippen LogP contribution in [0.15, 0.2) is 22.7 Å². The molecule has 1 aromatic heterocycles. The van der Waals surface area contributed by atoms with Crippen molar-refractivity contribution in [2.24, 2.45) is 0 Å². The molecular weight excluding hydrogens is 296 g/mol. The lowest BCUT2D eigenvalue weighted by molar-refractivity contribution is 0.101. The minimum absolute atomic E-state index is 0.159. The van der Waals surface area contributed by atoms with Crippen LogP contribution in [-0.2, 0) is 6.42 Å². The first-order chi connectivity index (χ1) is 8.60. The first-order valence-corrected chi connectivity index (χ1v) is 6.38. The van der Waals surface area contributed by atoms with E-state index in [0.29, 0.717) is 5.82 Å². The van der Waals surface area contributed by atoms with Gasteiger partial charge in [-0.3, -0.25) is 9.89 Å². The number of nitrogens with one attached hydrogen (secondary N) is 2. The summed E-state index contributed by atoms with van der Waals surface area (Å²) in [5.74, 6) is 0.546. The van der Waals surface area contributed by atoms with Crippen LogP contribution in [0.2, 0.25) is 0 Å². The van der Waals surface area contributed by atoms with Crippen LogP contribution < -0.4 is 5.32 Å². The molecule has 2 rings (SSSR count). The van der Waals surface area contributed by atoms with Crippen molar-refractivity contribution in [1.82, 2.24) is 15.2 Å². The summed E-state index contributed by atoms with van der Waals surface area (Å²) in [4.78, 5) is 16.0. The Morgan fingerprint density at radius 1 is 1.50 bits per heavy atom. The van der Waals surface area contributed by atoms with Crippen molar-refractivity contribution in [3.05, 3.63) is 39.9 Å². The number of carbonyl (C=O) groups excluding carboxylic acids is 1. The van der Waals surface area contributed by atoms with E-state index in [-0.39, 0.29) is 11.7 Å². The molecule has 94 valence electrons. The van der Waals surface area contributed by atoms with Gasteiger partial charge in [-0.1, -0.05) is 28.9 Å². The molecule has 0 aliphatic rings. The molecule has 1 aromatic carbocycles. The molecule has 0 atom stereocenters. The zero-order chi connectivity index (χ0) is 13.1. The predicted octanol–water partition coefficient (Wildman–Crippen LogP) is 2.69. The Hall–Kier alpha value is -1.69. The van der Waals surface area contributed by atoms with Crippen molar-refractivity contribution in [3.63, 3.8) is 0 Å². The molecule has 0 radical (unpaired) electrons. The molecule has 18 heavy (non-hydrogen) atoms. The molecule has 0 aliphatic carbocycles. The molecular formula is C12H13BrN4O. The van der Waals surface area contributed by atoms with E-state index in [2.05, 4.69) is 36.4 Å². The van der Waals surface area contributed by atoms with Crippen LogP contribution in [0.25, 0.3) is 0 Å². The maximum Gasteiger partial charge on any atom is 0.295 e. The van der Waals surface area contributed by atoms with Crippen LogP contribution in [0.1, 0.15) is 28.9 Å². The van der Waals surface area contributed by atoms with Crippen molar-refractivity contribution in [1.29, 1.82) is 0 Å². The molecule has 2 N–H and O–H groups in total. The minimum Gasteiger partial charge on any atom is -0.319 e. The molecule has 0 fully saturated rings. The van der Waals surface area contributed by atoms with Gasteiger partial charge < -0.3 is 5.32 Å². The number of carbonyl (C=O) groups is 1. The highest BCUT2D eigenvalue weighted by Crippen LogP contribution is 2.20. The number of benzene rings is 1. The maximum atomic E-state index is 11.9. The van der Waals surface area contributed by atoms with E-state index in [4.69, 9.17) is 0 Å². The summed E-state index contributed by atoms with van der Waals surface area (Å²) in [7, 11) is 0. The molecule has 1 heterocycles. The van der Waals surface area contributed by atoms with Crippen LogP contribution in [-0.4, -0.2) is 21.1 Å². The van der Waals surface area contributed by atoms with E-state index in [9.17, 15) is 4.79 Å². The number of aromatic nitrogens is 3. The molecule has 2 aromatic rings. The van der Waals surface area contributed by atoms with E-state index < -0.39 is 0 Å². The van der Waals surface area contributed by atoms with E-state index in [1.807, 2.05) is 32.0 Å². The van der Waals surface area contributed by atoms with Gasteiger partial charge in [0, 0.05) is 16.6 Å². The average molecular weight is 309 g/mol. The summed E-state index contributed by atoms with van der Waals surface area (Å²) in [6.07, 6.45) is 0.718. The van der Waals surface area contributed by atoms with Crippen molar-refractivity contribution in [2.45, 2.75) is 20.3 Å². The third-order valence-corrected chi connectivity index (χ3v) is 3.01. The number of halogens is 1. The molecule has 5 nitrogen and oxygen atoms in total. The Bertz CT molecular complexity index is 579. The van der Waals surface area contributed by atoms with Gasteiger partial charge in [0.1, 0.15) is 5.82 Å². The molecule has 6 heteroatoms. The van der Waals surface area contributed by atoms with Crippen molar-refractivity contribution in [3.8, 4) is 0 Å². The van der Waals surface area contributed by atoms with Crippen LogP contribution >= 0.6 is 15.9 Å². The Morgan fingerprint density at radius 3 is 2.94 bits per heavy atom. The smallest absolute Gasteiger partial charge is 0.295 e. The summed E-state index contributed by atoms with van der Waals surface area (Å²) in [6, 6.07) is 5.70. The largest absolute Gasteiger partial charge is 0.319 e. The van der Waals surface area contributed by atoms with Gasteiger partial charge >= 0.3 is 0 Å². The first kappa shape index (κ1) is 12.8. The fourth-order valence-electron chi connectivity index (χ4n) is 1.46. The van der Waals surface area contributed by atoms with Gasteiger partial charge in [0.05, 0.1) is 0 Å². The van der Waals surface area contributed by atoms with Gasteiger partial charge in [-0.25, -0.2) is 4.98 Å². The number of hydrogen-bond acceptors (Lipinski definition) is 3. The second kappa shape index (κ2) is 5.30. The number of H-pyrrole nitrogens is 1. The highest BCUT2D eigenvalue weighted by molar-refractivity contribution is 9.10. The average Bonchev–Trinajstić information content (AvgIpc) is 2.82. The fraction of sp³-hybridized carbons (Fsp3) is 0.250. The number of hydrogen-bond donors (Lipinski definition) is 2. The Balaban J connectivity index is 2.18. The predicted molar refractivity (Wildman–Crippen MR) is 72.6 cm³/mol. The van der Waals surface area contributed by atoms with Gasteiger partial charge in [0.25, 0.3) is 5.91 Å². The number of anilines is 1. The highest BCUT2D eigenvalue weighted by atomic mass is 79.9. The van der Waals surface area contributed by atoms with Gasteiger partial charge in [0.2, 0.25) is 5.82 Å². The van der Waals surface area contributed by atoms with Crippen molar-refractivity contribution < 1.29 is 4.79 Å². The molecule has 1 amide bonds. The molecule has 0 aliphatic heterocycles. The molecule has 0 spiro atoms. The van der Waals surface area contributed by atoms with Gasteiger partial charge in [-0.2, -0.15) is 0 Å². The van der Waals surface area contributed by atoms with Crippen molar-refractivity contribution >= 4 is 27.5 Å². The van der Waals surface area contributed by atoms with E-state index in [0.717, 1.165) is 22.1 Å². The highest BCUT2D eigenvalue weighted by Gasteiger charge is 2.13. The lowest BCUT2D eigenvalue weighted by atomic mass is 10.2. The second-order valence-electron chi connectivity index (χ2n) is 3.87. The Kier molecular flexibility index (Phi) is 3.76. The van der Waals surface area contributed by atoms with Gasteiger partial charge in [0.15, 0.2) is 0 Å². The van der Waals surface area contributed by atoms with Crippen LogP contribution in [0.5, 0.6) is 0 Å². The molecule has 0 saturated heterocycles. The lowest BCUT2D eigenvalue weighted by Crippen LogP contribution is -2.14. The van der Waals surface area contributed by atoms with Crippen LogP contribution in [0.3, 0.4) is 0 Å². The van der Waals surface area contributed by atoms with Gasteiger partial charge in [-0.05, 0) is 24.6 Å². The van der Waals surface area contributed by atoms with E-state index in [1.165, 1.54) is 0 Å². The topological polar surface area (TPSA) is 70.7 Å². The number of aryl methyl sites for hydroxylation is 2. The number of aromatic amines is 1. The molecule has 0 bridgehead atoms.